The molecule has 2 aromatic carbocycles. The number of anilines is 1. The number of halogens is 1. The number of nitrogens with zero attached hydrogens (tertiary/aromatic N) is 1. The number of urea groups is 1. The Balaban J connectivity index is 2.26. The lowest BCUT2D eigenvalue weighted by Crippen LogP contribution is -2.36. The molecule has 2 amide bonds. The molecule has 0 atom stereocenters. The summed E-state index contributed by atoms with van der Waals surface area (Å²) in [5.41, 5.74) is 1.97. The molecule has 5 nitrogen and oxygen atoms in total. The highest BCUT2D eigenvalue weighted by Crippen LogP contribution is 2.31. The molecule has 0 saturated carbocycles. The summed E-state index contributed by atoms with van der Waals surface area (Å²) in [5, 5.41) is 13.0. The van der Waals surface area contributed by atoms with E-state index in [2.05, 4.69) is 33.9 Å². The quantitative estimate of drug-likeness (QED) is 0.413. The van der Waals surface area contributed by atoms with Gasteiger partial charge in [-0.15, -0.1) is 12.6 Å². The van der Waals surface area contributed by atoms with Crippen molar-refractivity contribution >= 4 is 40.3 Å². The van der Waals surface area contributed by atoms with Crippen LogP contribution in [0.4, 0.5) is 10.5 Å². The summed E-state index contributed by atoms with van der Waals surface area (Å²) < 4.78 is 6.40. The first-order valence-corrected chi connectivity index (χ1v) is 8.08. The number of ether oxygens (including phenoxy) is 1. The first kappa shape index (κ1) is 17.7. The van der Waals surface area contributed by atoms with Crippen molar-refractivity contribution in [2.24, 2.45) is 0 Å². The van der Waals surface area contributed by atoms with Crippen molar-refractivity contribution in [3.8, 4) is 5.75 Å². The Bertz CT molecular complexity index is 724. The van der Waals surface area contributed by atoms with E-state index in [1.807, 2.05) is 31.2 Å². The van der Waals surface area contributed by atoms with E-state index in [1.54, 1.807) is 12.1 Å². The number of hydrogen-bond acceptors (Lipinski definition) is 4. The van der Waals surface area contributed by atoms with Gasteiger partial charge in [0.1, 0.15) is 12.4 Å². The van der Waals surface area contributed by atoms with Gasteiger partial charge in [0.15, 0.2) is 0 Å². The van der Waals surface area contributed by atoms with Gasteiger partial charge in [-0.1, -0.05) is 12.1 Å². The maximum atomic E-state index is 11.7. The fourth-order valence-electron chi connectivity index (χ4n) is 2.07. The van der Waals surface area contributed by atoms with Crippen LogP contribution in [-0.2, 0) is 6.61 Å². The molecule has 0 aliphatic heterocycles. The van der Waals surface area contributed by atoms with Gasteiger partial charge in [0, 0.05) is 22.0 Å². The smallest absolute Gasteiger partial charge is 0.345 e. The van der Waals surface area contributed by atoms with E-state index in [0.717, 1.165) is 16.2 Å². The van der Waals surface area contributed by atoms with Crippen LogP contribution in [0.15, 0.2) is 45.8 Å². The summed E-state index contributed by atoms with van der Waals surface area (Å²) in [6.45, 7) is 2.13. The molecule has 0 aliphatic carbocycles. The Morgan fingerprint density at radius 2 is 2.13 bits per heavy atom. The molecule has 0 radical (unpaired) electrons. The van der Waals surface area contributed by atoms with Gasteiger partial charge in [-0.2, -0.15) is 5.06 Å². The van der Waals surface area contributed by atoms with Gasteiger partial charge in [-0.3, -0.25) is 5.21 Å². The topological polar surface area (TPSA) is 61.8 Å². The summed E-state index contributed by atoms with van der Waals surface area (Å²) in [5.74, 6) is 0.721. The van der Waals surface area contributed by atoms with Gasteiger partial charge in [0.25, 0.3) is 0 Å². The molecule has 0 aromatic heterocycles. The molecule has 0 fully saturated rings. The summed E-state index contributed by atoms with van der Waals surface area (Å²) >= 11 is 7.63. The molecular weight excluding hydrogens is 380 g/mol. The molecule has 0 spiro atoms. The molecule has 0 aliphatic rings. The number of benzene rings is 2. The lowest BCUT2D eigenvalue weighted by atomic mass is 10.2. The summed E-state index contributed by atoms with van der Waals surface area (Å²) in [6, 6.07) is 10.3. The van der Waals surface area contributed by atoms with E-state index >= 15 is 0 Å². The molecule has 0 bridgehead atoms. The molecule has 23 heavy (non-hydrogen) atoms. The minimum atomic E-state index is -0.631. The number of hydrogen-bond donors (Lipinski definition) is 3. The van der Waals surface area contributed by atoms with Crippen molar-refractivity contribution in [2.45, 2.75) is 18.4 Å². The van der Waals surface area contributed by atoms with Crippen LogP contribution >= 0.6 is 28.6 Å². The van der Waals surface area contributed by atoms with Gasteiger partial charge in [-0.25, -0.2) is 4.79 Å². The molecule has 7 heteroatoms. The maximum absolute atomic E-state index is 11.7. The van der Waals surface area contributed by atoms with Gasteiger partial charge in [0.05, 0.1) is 5.69 Å². The maximum Gasteiger partial charge on any atom is 0.345 e. The number of rotatable bonds is 4. The zero-order chi connectivity index (χ0) is 17.0. The number of nitrogens with one attached hydrogen (secondary N) is 1. The normalized spacial score (nSPS) is 10.3. The number of para-hydroxylation sites is 1. The summed E-state index contributed by atoms with van der Waals surface area (Å²) in [7, 11) is 1.45. The van der Waals surface area contributed by atoms with Crippen LogP contribution in [0.5, 0.6) is 5.75 Å². The zero-order valence-corrected chi connectivity index (χ0v) is 15.2. The van der Waals surface area contributed by atoms with Crippen molar-refractivity contribution in [3.05, 3.63) is 52.0 Å². The number of aryl methyl sites for hydroxylation is 1. The molecule has 0 unspecified atom stereocenters. The third kappa shape index (κ3) is 4.19. The van der Waals surface area contributed by atoms with Gasteiger partial charge >= 0.3 is 6.03 Å². The van der Waals surface area contributed by atoms with E-state index in [0.29, 0.717) is 20.8 Å². The van der Waals surface area contributed by atoms with Crippen molar-refractivity contribution in [1.82, 2.24) is 5.32 Å². The van der Waals surface area contributed by atoms with Crippen LogP contribution in [0.25, 0.3) is 0 Å². The van der Waals surface area contributed by atoms with Crippen molar-refractivity contribution in [3.63, 3.8) is 0 Å². The summed E-state index contributed by atoms with van der Waals surface area (Å²) in [6.07, 6.45) is 0. The minimum absolute atomic E-state index is 0.204. The lowest BCUT2D eigenvalue weighted by Gasteiger charge is -2.20. The Labute approximate surface area is 148 Å². The highest BCUT2D eigenvalue weighted by molar-refractivity contribution is 9.10. The Morgan fingerprint density at radius 1 is 1.39 bits per heavy atom. The van der Waals surface area contributed by atoms with Crippen LogP contribution in [0, 0.1) is 6.92 Å². The largest absolute Gasteiger partial charge is 0.489 e. The average molecular weight is 397 g/mol. The van der Waals surface area contributed by atoms with E-state index in [4.69, 9.17) is 4.74 Å². The second-order valence-electron chi connectivity index (χ2n) is 4.85. The third-order valence-corrected chi connectivity index (χ3v) is 4.15. The van der Waals surface area contributed by atoms with E-state index in [-0.39, 0.29) is 6.61 Å². The van der Waals surface area contributed by atoms with Crippen molar-refractivity contribution in [1.29, 1.82) is 0 Å². The molecule has 0 heterocycles. The average Bonchev–Trinajstić information content (AvgIpc) is 2.52. The van der Waals surface area contributed by atoms with Gasteiger partial charge in [-0.05, 0) is 52.7 Å². The fourth-order valence-corrected chi connectivity index (χ4v) is 2.92. The highest BCUT2D eigenvalue weighted by atomic mass is 79.9. The predicted octanol–water partition coefficient (Wildman–Crippen LogP) is 4.16. The second kappa shape index (κ2) is 7.72. The number of amides is 2. The minimum Gasteiger partial charge on any atom is -0.489 e. The second-order valence-corrected chi connectivity index (χ2v) is 6.22. The van der Waals surface area contributed by atoms with E-state index in [9.17, 15) is 10.0 Å². The van der Waals surface area contributed by atoms with Crippen LogP contribution < -0.4 is 15.1 Å². The number of thiol groups is 1. The van der Waals surface area contributed by atoms with Gasteiger partial charge in [0.2, 0.25) is 0 Å². The van der Waals surface area contributed by atoms with Gasteiger partial charge < -0.3 is 10.1 Å². The predicted molar refractivity (Wildman–Crippen MR) is 95.6 cm³/mol. The lowest BCUT2D eigenvalue weighted by molar-refractivity contribution is 0.205. The molecule has 2 rings (SSSR count). The molecular formula is C16H17BrN2O3S. The van der Waals surface area contributed by atoms with Crippen LogP contribution in [0.1, 0.15) is 11.1 Å². The number of carbonyl (C=O) groups is 1. The third-order valence-electron chi connectivity index (χ3n) is 3.23. The molecule has 122 valence electrons. The highest BCUT2D eigenvalue weighted by Gasteiger charge is 2.19. The first-order chi connectivity index (χ1) is 10.9. The number of hydroxylamine groups is 1. The number of carbonyl (C=O) groups excluding carboxylic acids is 1. The Kier molecular flexibility index (Phi) is 5.92. The van der Waals surface area contributed by atoms with E-state index in [1.165, 1.54) is 7.05 Å². The van der Waals surface area contributed by atoms with Crippen LogP contribution in [-0.4, -0.2) is 18.3 Å². The Morgan fingerprint density at radius 3 is 2.78 bits per heavy atom. The SMILES string of the molecule is CNC(=O)N(O)c1c(Br)cccc1COc1ccc(S)cc1C. The molecule has 2 aromatic rings. The zero-order valence-electron chi connectivity index (χ0n) is 12.7. The van der Waals surface area contributed by atoms with Crippen molar-refractivity contribution in [2.75, 3.05) is 12.1 Å². The van der Waals surface area contributed by atoms with Crippen molar-refractivity contribution < 1.29 is 14.7 Å². The first-order valence-electron chi connectivity index (χ1n) is 6.84. The van der Waals surface area contributed by atoms with Crippen LogP contribution in [0.3, 0.4) is 0 Å². The Hall–Kier alpha value is -1.70. The van der Waals surface area contributed by atoms with Crippen LogP contribution in [0.2, 0.25) is 0 Å². The summed E-state index contributed by atoms with van der Waals surface area (Å²) in [4.78, 5) is 12.5. The monoisotopic (exact) mass is 396 g/mol. The standard InChI is InChI=1S/C16H17BrN2O3S/c1-10-8-12(23)6-7-14(10)22-9-11-4-3-5-13(17)15(11)19(21)16(20)18-2/h3-8,21,23H,9H2,1-2H3,(H,18,20). The molecule has 0 saturated heterocycles. The van der Waals surface area contributed by atoms with E-state index < -0.39 is 6.03 Å². The molecule has 2 N–H and O–H groups in total. The fraction of sp³-hybridized carbons (Fsp3) is 0.188.